The van der Waals surface area contributed by atoms with Gasteiger partial charge in [-0.05, 0) is 40.1 Å². The predicted molar refractivity (Wildman–Crippen MR) is 109 cm³/mol. The minimum atomic E-state index is -0.961. The second-order valence-corrected chi connectivity index (χ2v) is 6.88. The monoisotopic (exact) mass is 403 g/mol. The number of aromatic nitrogens is 4. The molecule has 0 aliphatic carbocycles. The van der Waals surface area contributed by atoms with Crippen molar-refractivity contribution < 1.29 is 14.3 Å². The molecular formula is C22H21N5O3. The summed E-state index contributed by atoms with van der Waals surface area (Å²) in [6.07, 6.45) is 1.86. The Morgan fingerprint density at radius 2 is 1.70 bits per heavy atom. The van der Waals surface area contributed by atoms with Crippen molar-refractivity contribution in [2.45, 2.75) is 25.0 Å². The van der Waals surface area contributed by atoms with E-state index in [-0.39, 0.29) is 0 Å². The van der Waals surface area contributed by atoms with E-state index in [0.29, 0.717) is 24.6 Å². The van der Waals surface area contributed by atoms with E-state index in [9.17, 15) is 9.90 Å². The molecular weight excluding hydrogens is 382 g/mol. The second-order valence-electron chi connectivity index (χ2n) is 6.88. The summed E-state index contributed by atoms with van der Waals surface area (Å²) < 4.78 is 7.24. The fourth-order valence-electron chi connectivity index (χ4n) is 3.30. The molecule has 0 bridgehead atoms. The Hall–Kier alpha value is -3.78. The van der Waals surface area contributed by atoms with Crippen LogP contribution in [0.3, 0.4) is 0 Å². The summed E-state index contributed by atoms with van der Waals surface area (Å²) in [6, 6.07) is 21.3. The maximum absolute atomic E-state index is 12.0. The maximum atomic E-state index is 12.0. The topological polar surface area (TPSA) is 106 Å². The van der Waals surface area contributed by atoms with Crippen LogP contribution in [0.1, 0.15) is 28.8 Å². The van der Waals surface area contributed by atoms with Crippen LogP contribution in [0.25, 0.3) is 0 Å². The first-order valence-corrected chi connectivity index (χ1v) is 9.57. The molecule has 152 valence electrons. The molecule has 8 heteroatoms. The lowest BCUT2D eigenvalue weighted by molar-refractivity contribution is -0.139. The van der Waals surface area contributed by atoms with Crippen molar-refractivity contribution >= 4 is 5.97 Å². The lowest BCUT2D eigenvalue weighted by Crippen LogP contribution is -2.42. The summed E-state index contributed by atoms with van der Waals surface area (Å²) in [6.45, 7) is 0.457. The van der Waals surface area contributed by atoms with E-state index in [0.717, 1.165) is 11.1 Å². The highest BCUT2D eigenvalue weighted by molar-refractivity contribution is 5.74. The van der Waals surface area contributed by atoms with Crippen LogP contribution in [0.4, 0.5) is 0 Å². The van der Waals surface area contributed by atoms with Gasteiger partial charge in [0.25, 0.3) is 0 Å². The molecule has 30 heavy (non-hydrogen) atoms. The number of rotatable bonds is 9. The molecule has 4 rings (SSSR count). The van der Waals surface area contributed by atoms with E-state index < -0.39 is 18.1 Å². The van der Waals surface area contributed by atoms with Crippen LogP contribution in [0, 0.1) is 0 Å². The zero-order chi connectivity index (χ0) is 20.8. The number of nitrogens with one attached hydrogen (secondary N) is 1. The standard InChI is InChI=1S/C22H21N5O3/c28-22(29)18(14-16-8-3-1-4-9-16)23-20(19-12-7-13-30-19)21-24-25-26-27(21)15-17-10-5-2-6-11-17/h1-13,18,20,23H,14-15H2,(H,28,29)/t18-,20?/m0/s1. The average molecular weight is 403 g/mol. The molecule has 0 saturated heterocycles. The molecule has 0 saturated carbocycles. The third-order valence-corrected chi connectivity index (χ3v) is 4.77. The van der Waals surface area contributed by atoms with Crippen LogP contribution in [-0.4, -0.2) is 37.3 Å². The molecule has 2 atom stereocenters. The summed E-state index contributed by atoms with van der Waals surface area (Å²) in [5.41, 5.74) is 1.95. The number of benzene rings is 2. The number of carbonyl (C=O) groups is 1. The second kappa shape index (κ2) is 9.15. The van der Waals surface area contributed by atoms with Crippen molar-refractivity contribution in [1.29, 1.82) is 0 Å². The minimum Gasteiger partial charge on any atom is -0.480 e. The van der Waals surface area contributed by atoms with E-state index >= 15 is 0 Å². The minimum absolute atomic E-state index is 0.313. The van der Waals surface area contributed by atoms with Crippen molar-refractivity contribution in [3.8, 4) is 0 Å². The molecule has 0 radical (unpaired) electrons. The van der Waals surface area contributed by atoms with Crippen LogP contribution >= 0.6 is 0 Å². The largest absolute Gasteiger partial charge is 0.480 e. The summed E-state index contributed by atoms with van der Waals surface area (Å²) in [5.74, 6) is 0.0593. The first-order valence-electron chi connectivity index (χ1n) is 9.57. The SMILES string of the molecule is O=C(O)[C@H](Cc1ccccc1)NC(c1ccco1)c1nnnn1Cc1ccccc1. The molecule has 0 aliphatic rings. The predicted octanol–water partition coefficient (Wildman–Crippen LogP) is 2.69. The number of furan rings is 1. The van der Waals surface area contributed by atoms with Crippen molar-refractivity contribution in [1.82, 2.24) is 25.5 Å². The van der Waals surface area contributed by atoms with Gasteiger partial charge in [-0.2, -0.15) is 0 Å². The van der Waals surface area contributed by atoms with E-state index in [1.54, 1.807) is 23.1 Å². The van der Waals surface area contributed by atoms with E-state index in [4.69, 9.17) is 4.42 Å². The molecule has 4 aromatic rings. The van der Waals surface area contributed by atoms with Gasteiger partial charge >= 0.3 is 5.97 Å². The molecule has 8 nitrogen and oxygen atoms in total. The van der Waals surface area contributed by atoms with Crippen molar-refractivity contribution in [3.05, 3.63) is 102 Å². The third-order valence-electron chi connectivity index (χ3n) is 4.77. The van der Waals surface area contributed by atoms with Gasteiger partial charge in [-0.25, -0.2) is 4.68 Å². The smallest absolute Gasteiger partial charge is 0.321 e. The molecule has 2 aromatic carbocycles. The average Bonchev–Trinajstić information content (AvgIpc) is 3.45. The first-order chi connectivity index (χ1) is 14.7. The van der Waals surface area contributed by atoms with Gasteiger partial charge in [-0.1, -0.05) is 60.7 Å². The molecule has 2 aromatic heterocycles. The third kappa shape index (κ3) is 4.61. The Morgan fingerprint density at radius 3 is 2.33 bits per heavy atom. The quantitative estimate of drug-likeness (QED) is 0.442. The lowest BCUT2D eigenvalue weighted by atomic mass is 10.0. The highest BCUT2D eigenvalue weighted by Crippen LogP contribution is 2.22. The Bertz CT molecular complexity index is 1060. The number of tetrazole rings is 1. The summed E-state index contributed by atoms with van der Waals surface area (Å²) >= 11 is 0. The number of carboxylic acids is 1. The van der Waals surface area contributed by atoms with Crippen LogP contribution in [0.15, 0.2) is 83.5 Å². The van der Waals surface area contributed by atoms with Crippen molar-refractivity contribution in [3.63, 3.8) is 0 Å². The summed E-state index contributed by atoms with van der Waals surface area (Å²) in [4.78, 5) is 12.0. The van der Waals surface area contributed by atoms with Crippen molar-refractivity contribution in [2.24, 2.45) is 0 Å². The number of carboxylic acid groups (broad SMARTS) is 1. The van der Waals surface area contributed by atoms with Gasteiger partial charge in [-0.3, -0.25) is 10.1 Å². The molecule has 0 aliphatic heterocycles. The lowest BCUT2D eigenvalue weighted by Gasteiger charge is -2.21. The van der Waals surface area contributed by atoms with Crippen LogP contribution in [0.5, 0.6) is 0 Å². The van der Waals surface area contributed by atoms with E-state index in [1.165, 1.54) is 0 Å². The molecule has 2 N–H and O–H groups in total. The van der Waals surface area contributed by atoms with Gasteiger partial charge in [-0.15, -0.1) is 5.10 Å². The van der Waals surface area contributed by atoms with Crippen molar-refractivity contribution in [2.75, 3.05) is 0 Å². The summed E-state index contributed by atoms with van der Waals surface area (Å²) in [7, 11) is 0. The molecule has 2 heterocycles. The van der Waals surface area contributed by atoms with Gasteiger partial charge in [0, 0.05) is 0 Å². The van der Waals surface area contributed by atoms with Gasteiger partial charge in [0.1, 0.15) is 17.8 Å². The zero-order valence-corrected chi connectivity index (χ0v) is 16.1. The van der Waals surface area contributed by atoms with Crippen LogP contribution in [-0.2, 0) is 17.8 Å². The van der Waals surface area contributed by atoms with Crippen LogP contribution in [0.2, 0.25) is 0 Å². The number of aliphatic carboxylic acids is 1. The Morgan fingerprint density at radius 1 is 1.00 bits per heavy atom. The molecule has 0 fully saturated rings. The Kier molecular flexibility index (Phi) is 5.95. The summed E-state index contributed by atoms with van der Waals surface area (Å²) in [5, 5.41) is 25.1. The normalized spacial score (nSPS) is 13.1. The van der Waals surface area contributed by atoms with E-state index in [1.807, 2.05) is 60.7 Å². The molecule has 0 amide bonds. The van der Waals surface area contributed by atoms with Gasteiger partial charge < -0.3 is 9.52 Å². The number of hydrogen-bond donors (Lipinski definition) is 2. The Balaban J connectivity index is 1.63. The van der Waals surface area contributed by atoms with E-state index in [2.05, 4.69) is 20.8 Å². The fourth-order valence-corrected chi connectivity index (χ4v) is 3.30. The number of nitrogens with zero attached hydrogens (tertiary/aromatic N) is 4. The maximum Gasteiger partial charge on any atom is 0.321 e. The molecule has 0 spiro atoms. The van der Waals surface area contributed by atoms with Gasteiger partial charge in [0.15, 0.2) is 5.82 Å². The Labute approximate surface area is 173 Å². The van der Waals surface area contributed by atoms with Crippen LogP contribution < -0.4 is 5.32 Å². The van der Waals surface area contributed by atoms with Gasteiger partial charge in [0.05, 0.1) is 12.8 Å². The highest BCUT2D eigenvalue weighted by atomic mass is 16.4. The molecule has 1 unspecified atom stereocenters. The first kappa shape index (κ1) is 19.5. The highest BCUT2D eigenvalue weighted by Gasteiger charge is 2.29. The number of hydrogen-bond acceptors (Lipinski definition) is 6. The van der Waals surface area contributed by atoms with Gasteiger partial charge in [0.2, 0.25) is 0 Å². The fraction of sp³-hybridized carbons (Fsp3) is 0.182. The zero-order valence-electron chi connectivity index (χ0n) is 16.1.